The number of nitrogens with zero attached hydrogens (tertiary/aromatic N) is 3. The number of hydrogen-bond donors (Lipinski definition) is 1. The molecule has 16 heavy (non-hydrogen) atoms. The van der Waals surface area contributed by atoms with E-state index in [-0.39, 0.29) is 0 Å². The van der Waals surface area contributed by atoms with Gasteiger partial charge in [-0.2, -0.15) is 0 Å². The molecule has 1 rings (SSSR count). The van der Waals surface area contributed by atoms with Crippen molar-refractivity contribution < 1.29 is 0 Å². The molecule has 0 aromatic carbocycles. The van der Waals surface area contributed by atoms with Crippen LogP contribution in [0.15, 0.2) is 18.2 Å². The van der Waals surface area contributed by atoms with Crippen LogP contribution < -0.4 is 10.2 Å². The molecule has 1 aromatic heterocycles. The predicted molar refractivity (Wildman–Crippen MR) is 70.2 cm³/mol. The van der Waals surface area contributed by atoms with Gasteiger partial charge in [0.05, 0.1) is 0 Å². The van der Waals surface area contributed by atoms with E-state index in [0.29, 0.717) is 0 Å². The fourth-order valence-electron chi connectivity index (χ4n) is 1.51. The van der Waals surface area contributed by atoms with Crippen LogP contribution in [0.3, 0.4) is 0 Å². The lowest BCUT2D eigenvalue weighted by Crippen LogP contribution is -2.24. The molecule has 0 aliphatic carbocycles. The summed E-state index contributed by atoms with van der Waals surface area (Å²) in [6.45, 7) is 2.13. The van der Waals surface area contributed by atoms with E-state index in [9.17, 15) is 0 Å². The lowest BCUT2D eigenvalue weighted by Gasteiger charge is -2.19. The molecule has 90 valence electrons. The molecule has 0 spiro atoms. The number of hydrogen-bond acceptors (Lipinski definition) is 4. The molecule has 0 atom stereocenters. The van der Waals surface area contributed by atoms with Crippen LogP contribution in [0.5, 0.6) is 0 Å². The number of rotatable bonds is 6. The minimum absolute atomic E-state index is 0.914. The van der Waals surface area contributed by atoms with E-state index in [1.807, 2.05) is 25.2 Å². The summed E-state index contributed by atoms with van der Waals surface area (Å²) in [7, 11) is 8.16. The SMILES string of the molecule is CNc1cccc(N(C)CCCN(C)C)n1. The topological polar surface area (TPSA) is 31.4 Å². The van der Waals surface area contributed by atoms with Crippen molar-refractivity contribution in [2.24, 2.45) is 0 Å². The number of pyridine rings is 1. The zero-order chi connectivity index (χ0) is 12.0. The Morgan fingerprint density at radius 1 is 1.19 bits per heavy atom. The largest absolute Gasteiger partial charge is 0.373 e. The maximum atomic E-state index is 4.49. The summed E-state index contributed by atoms with van der Waals surface area (Å²) in [5.74, 6) is 1.93. The molecule has 1 heterocycles. The summed E-state index contributed by atoms with van der Waals surface area (Å²) in [6, 6.07) is 6.03. The molecular formula is C12H22N4. The van der Waals surface area contributed by atoms with Gasteiger partial charge >= 0.3 is 0 Å². The van der Waals surface area contributed by atoms with Crippen LogP contribution in [0.2, 0.25) is 0 Å². The van der Waals surface area contributed by atoms with Crippen LogP contribution in [0.1, 0.15) is 6.42 Å². The van der Waals surface area contributed by atoms with E-state index in [1.54, 1.807) is 0 Å². The molecular weight excluding hydrogens is 200 g/mol. The molecule has 0 bridgehead atoms. The van der Waals surface area contributed by atoms with Crippen molar-refractivity contribution in [3.63, 3.8) is 0 Å². The Hall–Kier alpha value is -1.29. The Bertz CT molecular complexity index is 312. The summed E-state index contributed by atoms with van der Waals surface area (Å²) in [4.78, 5) is 8.87. The van der Waals surface area contributed by atoms with Gasteiger partial charge in [-0.1, -0.05) is 6.07 Å². The second-order valence-corrected chi connectivity index (χ2v) is 4.21. The molecule has 0 unspecified atom stereocenters. The monoisotopic (exact) mass is 222 g/mol. The highest BCUT2D eigenvalue weighted by molar-refractivity contribution is 5.46. The average molecular weight is 222 g/mol. The lowest BCUT2D eigenvalue weighted by atomic mass is 10.3. The first-order valence-corrected chi connectivity index (χ1v) is 5.64. The van der Waals surface area contributed by atoms with Gasteiger partial charge in [-0.25, -0.2) is 4.98 Å². The van der Waals surface area contributed by atoms with Crippen LogP contribution in [-0.2, 0) is 0 Å². The van der Waals surface area contributed by atoms with Gasteiger partial charge in [0, 0.05) is 20.6 Å². The summed E-state index contributed by atoms with van der Waals surface area (Å²) >= 11 is 0. The quantitative estimate of drug-likeness (QED) is 0.790. The second kappa shape index (κ2) is 6.33. The van der Waals surface area contributed by atoms with Gasteiger partial charge in [0.25, 0.3) is 0 Å². The summed E-state index contributed by atoms with van der Waals surface area (Å²) in [6.07, 6.45) is 1.15. The molecule has 0 aliphatic heterocycles. The average Bonchev–Trinajstić information content (AvgIpc) is 2.28. The van der Waals surface area contributed by atoms with Crippen LogP contribution in [0, 0.1) is 0 Å². The Morgan fingerprint density at radius 3 is 2.56 bits per heavy atom. The zero-order valence-electron chi connectivity index (χ0n) is 10.7. The molecule has 0 saturated heterocycles. The van der Waals surface area contributed by atoms with Gasteiger partial charge in [-0.3, -0.25) is 0 Å². The van der Waals surface area contributed by atoms with Crippen molar-refractivity contribution >= 4 is 11.6 Å². The number of aromatic nitrogens is 1. The third-order valence-electron chi connectivity index (χ3n) is 2.48. The Balaban J connectivity index is 2.48. The standard InChI is InChI=1S/C12H22N4/c1-13-11-7-5-8-12(14-11)16(4)10-6-9-15(2)3/h5,7-8H,6,9-10H2,1-4H3,(H,13,14). The van der Waals surface area contributed by atoms with E-state index >= 15 is 0 Å². The normalized spacial score (nSPS) is 10.6. The number of nitrogens with one attached hydrogen (secondary N) is 1. The lowest BCUT2D eigenvalue weighted by molar-refractivity contribution is 0.401. The summed E-state index contributed by atoms with van der Waals surface area (Å²) < 4.78 is 0. The number of anilines is 2. The summed E-state index contributed by atoms with van der Waals surface area (Å²) in [5.41, 5.74) is 0. The molecule has 4 heteroatoms. The third kappa shape index (κ3) is 4.06. The highest BCUT2D eigenvalue weighted by Gasteiger charge is 2.02. The Morgan fingerprint density at radius 2 is 1.94 bits per heavy atom. The molecule has 0 saturated carbocycles. The van der Waals surface area contributed by atoms with Crippen molar-refractivity contribution in [3.8, 4) is 0 Å². The summed E-state index contributed by atoms with van der Waals surface area (Å²) in [5, 5.41) is 3.05. The molecule has 0 radical (unpaired) electrons. The molecule has 0 fully saturated rings. The maximum Gasteiger partial charge on any atom is 0.130 e. The molecule has 4 nitrogen and oxygen atoms in total. The minimum atomic E-state index is 0.914. The van der Waals surface area contributed by atoms with E-state index in [4.69, 9.17) is 0 Å². The van der Waals surface area contributed by atoms with Crippen molar-refractivity contribution in [1.29, 1.82) is 0 Å². The third-order valence-corrected chi connectivity index (χ3v) is 2.48. The van der Waals surface area contributed by atoms with E-state index in [1.165, 1.54) is 0 Å². The minimum Gasteiger partial charge on any atom is -0.373 e. The Labute approximate surface area is 98.3 Å². The van der Waals surface area contributed by atoms with Crippen molar-refractivity contribution in [3.05, 3.63) is 18.2 Å². The van der Waals surface area contributed by atoms with E-state index in [0.717, 1.165) is 31.1 Å². The second-order valence-electron chi connectivity index (χ2n) is 4.21. The van der Waals surface area contributed by atoms with Gasteiger partial charge in [0.15, 0.2) is 0 Å². The van der Waals surface area contributed by atoms with Gasteiger partial charge in [-0.15, -0.1) is 0 Å². The predicted octanol–water partition coefficient (Wildman–Crippen LogP) is 1.51. The van der Waals surface area contributed by atoms with E-state index < -0.39 is 0 Å². The van der Waals surface area contributed by atoms with Gasteiger partial charge in [0.1, 0.15) is 11.6 Å². The Kier molecular flexibility index (Phi) is 5.05. The van der Waals surface area contributed by atoms with Crippen LogP contribution in [0.4, 0.5) is 11.6 Å². The van der Waals surface area contributed by atoms with Gasteiger partial charge in [-0.05, 0) is 39.2 Å². The van der Waals surface area contributed by atoms with Crippen molar-refractivity contribution in [1.82, 2.24) is 9.88 Å². The van der Waals surface area contributed by atoms with Crippen molar-refractivity contribution in [2.75, 3.05) is 51.5 Å². The van der Waals surface area contributed by atoms with E-state index in [2.05, 4.69) is 41.2 Å². The molecule has 0 aliphatic rings. The van der Waals surface area contributed by atoms with Crippen molar-refractivity contribution in [2.45, 2.75) is 6.42 Å². The van der Waals surface area contributed by atoms with Gasteiger partial charge in [0.2, 0.25) is 0 Å². The fraction of sp³-hybridized carbons (Fsp3) is 0.583. The first kappa shape index (κ1) is 12.8. The maximum absolute atomic E-state index is 4.49. The fourth-order valence-corrected chi connectivity index (χ4v) is 1.51. The van der Waals surface area contributed by atoms with Crippen LogP contribution in [-0.4, -0.2) is 51.2 Å². The van der Waals surface area contributed by atoms with Crippen LogP contribution >= 0.6 is 0 Å². The first-order chi connectivity index (χ1) is 7.63. The smallest absolute Gasteiger partial charge is 0.130 e. The van der Waals surface area contributed by atoms with Gasteiger partial charge < -0.3 is 15.1 Å². The highest BCUT2D eigenvalue weighted by atomic mass is 15.2. The first-order valence-electron chi connectivity index (χ1n) is 5.64. The molecule has 0 amide bonds. The van der Waals surface area contributed by atoms with Crippen LogP contribution in [0.25, 0.3) is 0 Å². The molecule has 1 aromatic rings. The zero-order valence-corrected chi connectivity index (χ0v) is 10.7. The molecule has 1 N–H and O–H groups in total. The highest BCUT2D eigenvalue weighted by Crippen LogP contribution is 2.12.